The van der Waals surface area contributed by atoms with Gasteiger partial charge in [-0.05, 0) is 25.8 Å². The molecule has 0 aliphatic heterocycles. The monoisotopic (exact) mass is 281 g/mol. The number of carbonyl (C=O) groups excluding carboxylic acids is 1. The lowest BCUT2D eigenvalue weighted by atomic mass is 10.1. The summed E-state index contributed by atoms with van der Waals surface area (Å²) in [5, 5.41) is 14.4. The molecule has 3 atom stereocenters. The molecule has 1 saturated carbocycles. The molecule has 6 nitrogen and oxygen atoms in total. The first-order valence-corrected chi connectivity index (χ1v) is 6.99. The highest BCUT2D eigenvalue weighted by Gasteiger charge is 2.38. The minimum Gasteiger partial charge on any atom is -0.388 e. The largest absolute Gasteiger partial charge is 0.388 e. The number of amides is 1. The van der Waals surface area contributed by atoms with Crippen LogP contribution in [0.3, 0.4) is 0 Å². The lowest BCUT2D eigenvalue weighted by molar-refractivity contribution is -0.135. The zero-order valence-corrected chi connectivity index (χ0v) is 12.3. The van der Waals surface area contributed by atoms with Gasteiger partial charge in [0.2, 0.25) is 5.91 Å². The van der Waals surface area contributed by atoms with Crippen LogP contribution in [0.1, 0.15) is 25.0 Å². The number of hydrogen-bond acceptors (Lipinski definition) is 4. The smallest absolute Gasteiger partial charge is 0.224 e. The van der Waals surface area contributed by atoms with E-state index in [0.29, 0.717) is 13.0 Å². The van der Waals surface area contributed by atoms with E-state index in [1.165, 1.54) is 0 Å². The minimum atomic E-state index is -0.596. The van der Waals surface area contributed by atoms with Gasteiger partial charge >= 0.3 is 0 Å². The molecule has 1 amide bonds. The number of methoxy groups -OCH3 is 1. The van der Waals surface area contributed by atoms with Gasteiger partial charge < -0.3 is 14.7 Å². The molecule has 2 rings (SSSR count). The summed E-state index contributed by atoms with van der Waals surface area (Å²) >= 11 is 0. The maximum atomic E-state index is 12.2. The molecule has 1 aromatic rings. The third-order valence-corrected chi connectivity index (χ3v) is 4.04. The zero-order valence-electron chi connectivity index (χ0n) is 12.3. The highest BCUT2D eigenvalue weighted by atomic mass is 16.5. The van der Waals surface area contributed by atoms with Gasteiger partial charge in [-0.15, -0.1) is 0 Å². The van der Waals surface area contributed by atoms with Crippen molar-refractivity contribution in [3.63, 3.8) is 0 Å². The molecule has 0 spiro atoms. The molecular weight excluding hydrogens is 258 g/mol. The Morgan fingerprint density at radius 1 is 1.60 bits per heavy atom. The average molecular weight is 281 g/mol. The molecule has 1 heterocycles. The van der Waals surface area contributed by atoms with Gasteiger partial charge in [0, 0.05) is 33.3 Å². The fourth-order valence-electron chi connectivity index (χ4n) is 2.76. The minimum absolute atomic E-state index is 0.0268. The summed E-state index contributed by atoms with van der Waals surface area (Å²) in [7, 11) is 3.35. The number of aliphatic hydroxyl groups excluding tert-OH is 1. The van der Waals surface area contributed by atoms with Crippen LogP contribution in [0.2, 0.25) is 0 Å². The van der Waals surface area contributed by atoms with Crippen molar-refractivity contribution in [2.75, 3.05) is 14.2 Å². The van der Waals surface area contributed by atoms with Crippen LogP contribution in [-0.4, -0.2) is 58.1 Å². The van der Waals surface area contributed by atoms with Crippen LogP contribution in [0.5, 0.6) is 0 Å². The molecular formula is C14H23N3O3. The first-order valence-electron chi connectivity index (χ1n) is 6.99. The van der Waals surface area contributed by atoms with Gasteiger partial charge in [-0.25, -0.2) is 0 Å². The third-order valence-electron chi connectivity index (χ3n) is 4.04. The first kappa shape index (κ1) is 15.0. The van der Waals surface area contributed by atoms with Gasteiger partial charge in [-0.3, -0.25) is 9.48 Å². The van der Waals surface area contributed by atoms with Crippen molar-refractivity contribution < 1.29 is 14.6 Å². The van der Waals surface area contributed by atoms with E-state index in [0.717, 1.165) is 18.5 Å². The Balaban J connectivity index is 1.86. The summed E-state index contributed by atoms with van der Waals surface area (Å²) < 4.78 is 6.98. The Hall–Kier alpha value is -1.40. The maximum Gasteiger partial charge on any atom is 0.224 e. The lowest BCUT2D eigenvalue weighted by Crippen LogP contribution is -2.44. The number of likely N-dealkylation sites (N-methyl/N-ethyl adjacent to an activating group) is 1. The molecule has 1 aromatic heterocycles. The summed E-state index contributed by atoms with van der Waals surface area (Å²) in [4.78, 5) is 13.8. The van der Waals surface area contributed by atoms with E-state index in [1.807, 2.05) is 19.2 Å². The van der Waals surface area contributed by atoms with Crippen LogP contribution >= 0.6 is 0 Å². The highest BCUT2D eigenvalue weighted by Crippen LogP contribution is 2.26. The molecule has 1 aliphatic rings. The van der Waals surface area contributed by atoms with Crippen molar-refractivity contribution >= 4 is 5.91 Å². The van der Waals surface area contributed by atoms with Crippen molar-refractivity contribution in [1.82, 2.24) is 14.7 Å². The second kappa shape index (κ2) is 6.37. The third kappa shape index (κ3) is 3.19. The first-order chi connectivity index (χ1) is 9.52. The van der Waals surface area contributed by atoms with Crippen molar-refractivity contribution in [3.05, 3.63) is 18.0 Å². The van der Waals surface area contributed by atoms with Crippen molar-refractivity contribution in [2.24, 2.45) is 0 Å². The fourth-order valence-corrected chi connectivity index (χ4v) is 2.76. The molecule has 1 fully saturated rings. The van der Waals surface area contributed by atoms with Crippen LogP contribution in [0, 0.1) is 6.92 Å². The summed E-state index contributed by atoms with van der Waals surface area (Å²) in [6, 6.07) is 1.77. The number of hydrogen-bond donors (Lipinski definition) is 1. The predicted octanol–water partition coefficient (Wildman–Crippen LogP) is 0.578. The van der Waals surface area contributed by atoms with Gasteiger partial charge in [-0.1, -0.05) is 0 Å². The number of aliphatic hydroxyl groups is 1. The molecule has 1 aliphatic carbocycles. The lowest BCUT2D eigenvalue weighted by Gasteiger charge is -2.28. The number of nitrogens with zero attached hydrogens (tertiary/aromatic N) is 3. The van der Waals surface area contributed by atoms with Gasteiger partial charge in [-0.2, -0.15) is 5.10 Å². The van der Waals surface area contributed by atoms with Crippen LogP contribution in [0.15, 0.2) is 12.3 Å². The topological polar surface area (TPSA) is 67.6 Å². The average Bonchev–Trinajstić information content (AvgIpc) is 3.01. The van der Waals surface area contributed by atoms with Crippen LogP contribution in [-0.2, 0) is 16.1 Å². The van der Waals surface area contributed by atoms with Crippen LogP contribution < -0.4 is 0 Å². The summed E-state index contributed by atoms with van der Waals surface area (Å²) in [5.41, 5.74) is 0.944. The van der Waals surface area contributed by atoms with E-state index in [4.69, 9.17) is 4.74 Å². The van der Waals surface area contributed by atoms with E-state index in [-0.39, 0.29) is 18.1 Å². The van der Waals surface area contributed by atoms with Crippen LogP contribution in [0.25, 0.3) is 0 Å². The zero-order chi connectivity index (χ0) is 14.7. The van der Waals surface area contributed by atoms with E-state index in [2.05, 4.69) is 5.10 Å². The second-order valence-electron chi connectivity index (χ2n) is 5.38. The predicted molar refractivity (Wildman–Crippen MR) is 74.2 cm³/mol. The van der Waals surface area contributed by atoms with E-state index < -0.39 is 6.10 Å². The molecule has 112 valence electrons. The molecule has 6 heteroatoms. The Labute approximate surface area is 119 Å². The Kier molecular flexibility index (Phi) is 4.77. The maximum absolute atomic E-state index is 12.2. The number of rotatable bonds is 5. The summed E-state index contributed by atoms with van der Waals surface area (Å²) in [6.07, 6.45) is 3.07. The molecule has 20 heavy (non-hydrogen) atoms. The Morgan fingerprint density at radius 2 is 2.35 bits per heavy atom. The van der Waals surface area contributed by atoms with Gasteiger partial charge in [0.1, 0.15) is 6.10 Å². The molecule has 0 radical (unpaired) electrons. The van der Waals surface area contributed by atoms with E-state index in [9.17, 15) is 9.90 Å². The van der Waals surface area contributed by atoms with Crippen LogP contribution in [0.4, 0.5) is 0 Å². The summed E-state index contributed by atoms with van der Waals surface area (Å²) in [5.74, 6) is 0.0268. The van der Waals surface area contributed by atoms with E-state index >= 15 is 0 Å². The quantitative estimate of drug-likeness (QED) is 0.857. The number of aromatic nitrogens is 2. The van der Waals surface area contributed by atoms with Crippen molar-refractivity contribution in [3.8, 4) is 0 Å². The van der Waals surface area contributed by atoms with Gasteiger partial charge in [0.05, 0.1) is 17.8 Å². The second-order valence-corrected chi connectivity index (χ2v) is 5.38. The van der Waals surface area contributed by atoms with Crippen molar-refractivity contribution in [1.29, 1.82) is 0 Å². The highest BCUT2D eigenvalue weighted by molar-refractivity contribution is 5.76. The standard InChI is InChI=1S/C14H23N3O3/c1-10-6-8-17(15-10)9-7-13(18)16(2)11-4-5-12(20-3)14(11)19/h6,8,11-12,14,19H,4-5,7,9H2,1-3H3/t11-,12-,14-/m1/s1. The normalized spacial score (nSPS) is 25.9. The number of aryl methyl sites for hydroxylation is 2. The summed E-state index contributed by atoms with van der Waals surface area (Å²) in [6.45, 7) is 2.48. The number of ether oxygens (including phenoxy) is 1. The Bertz CT molecular complexity index is 460. The Morgan fingerprint density at radius 3 is 2.90 bits per heavy atom. The molecule has 1 N–H and O–H groups in total. The van der Waals surface area contributed by atoms with E-state index in [1.54, 1.807) is 23.7 Å². The molecule has 0 aromatic carbocycles. The molecule has 0 bridgehead atoms. The van der Waals surface area contributed by atoms with Gasteiger partial charge in [0.15, 0.2) is 0 Å². The fraction of sp³-hybridized carbons (Fsp3) is 0.714. The SMILES string of the molecule is CO[C@@H]1CC[C@@H](N(C)C(=O)CCn2ccc(C)n2)[C@H]1O. The number of carbonyl (C=O) groups is 1. The molecule has 0 saturated heterocycles. The molecule has 0 unspecified atom stereocenters. The van der Waals surface area contributed by atoms with Gasteiger partial charge in [0.25, 0.3) is 0 Å². The van der Waals surface area contributed by atoms with Crippen molar-refractivity contribution in [2.45, 2.75) is 51.0 Å².